The molecule has 0 bridgehead atoms. The summed E-state index contributed by atoms with van der Waals surface area (Å²) in [6.07, 6.45) is 1.25. The lowest BCUT2D eigenvalue weighted by atomic mass is 10.1. The van der Waals surface area contributed by atoms with Gasteiger partial charge in [-0.2, -0.15) is 4.98 Å². The van der Waals surface area contributed by atoms with Crippen molar-refractivity contribution in [3.8, 4) is 11.5 Å². The smallest absolute Gasteiger partial charge is 0.257 e. The van der Waals surface area contributed by atoms with Crippen molar-refractivity contribution >= 4 is 17.2 Å². The fourth-order valence-corrected chi connectivity index (χ4v) is 3.97. The Hall–Kier alpha value is -2.55. The topological polar surface area (TPSA) is 92.1 Å². The molecule has 3 aromatic rings. The Morgan fingerprint density at radius 1 is 1.26 bits per heavy atom. The number of rotatable bonds is 6. The predicted octanol–water partition coefficient (Wildman–Crippen LogP) is 2.37. The Kier molecular flexibility index (Phi) is 5.28. The first-order valence-corrected chi connectivity index (χ1v) is 9.74. The van der Waals surface area contributed by atoms with Crippen molar-refractivity contribution in [2.75, 3.05) is 6.54 Å². The van der Waals surface area contributed by atoms with Crippen LogP contribution in [0.2, 0.25) is 0 Å². The molecule has 1 aliphatic heterocycles. The van der Waals surface area contributed by atoms with E-state index in [1.165, 1.54) is 9.75 Å². The van der Waals surface area contributed by atoms with Gasteiger partial charge < -0.3 is 9.84 Å². The highest BCUT2D eigenvalue weighted by atomic mass is 32.1. The van der Waals surface area contributed by atoms with Crippen LogP contribution in [-0.2, 0) is 11.2 Å². The second-order valence-electron chi connectivity index (χ2n) is 6.50. The zero-order valence-electron chi connectivity index (χ0n) is 14.9. The summed E-state index contributed by atoms with van der Waals surface area (Å²) in [4.78, 5) is 19.3. The number of hydrogen-bond acceptors (Lipinski definition) is 7. The summed E-state index contributed by atoms with van der Waals surface area (Å²) in [7, 11) is 0. The first kappa shape index (κ1) is 17.8. The fourth-order valence-electron chi connectivity index (χ4n) is 3.03. The Morgan fingerprint density at radius 3 is 2.89 bits per heavy atom. The van der Waals surface area contributed by atoms with Gasteiger partial charge in [-0.1, -0.05) is 23.4 Å². The number of amides is 1. The molecule has 7 nitrogen and oxygen atoms in total. The monoisotopic (exact) mass is 383 g/mol. The number of hydrazine groups is 1. The maximum absolute atomic E-state index is 12.4. The second-order valence-corrected chi connectivity index (χ2v) is 7.82. The molecule has 27 heavy (non-hydrogen) atoms. The van der Waals surface area contributed by atoms with Crippen LogP contribution in [0.5, 0.6) is 0 Å². The number of carbonyl (C=O) groups excluding carboxylic acids is 1. The molecule has 2 atom stereocenters. The molecule has 1 aromatic carbocycles. The Balaban J connectivity index is 1.25. The van der Waals surface area contributed by atoms with Crippen molar-refractivity contribution in [2.45, 2.75) is 31.8 Å². The van der Waals surface area contributed by atoms with Crippen LogP contribution in [0.4, 0.5) is 0 Å². The molecule has 0 radical (unpaired) electrons. The van der Waals surface area contributed by atoms with Gasteiger partial charge >= 0.3 is 0 Å². The average molecular weight is 383 g/mol. The van der Waals surface area contributed by atoms with E-state index in [0.717, 1.165) is 12.0 Å². The van der Waals surface area contributed by atoms with E-state index in [-0.39, 0.29) is 18.0 Å². The van der Waals surface area contributed by atoms with Gasteiger partial charge in [0, 0.05) is 28.3 Å². The van der Waals surface area contributed by atoms with E-state index in [1.807, 2.05) is 30.3 Å². The summed E-state index contributed by atoms with van der Waals surface area (Å²) in [6, 6.07) is 13.8. The highest BCUT2D eigenvalue weighted by Gasteiger charge is 2.30. The molecule has 1 fully saturated rings. The number of nitrogens with zero attached hydrogens (tertiary/aromatic N) is 2. The summed E-state index contributed by atoms with van der Waals surface area (Å²) in [5, 5.41) is 6.92. The summed E-state index contributed by atoms with van der Waals surface area (Å²) in [5.41, 5.74) is 7.18. The molecular weight excluding hydrogens is 362 g/mol. The first-order valence-electron chi connectivity index (χ1n) is 8.92. The van der Waals surface area contributed by atoms with Crippen molar-refractivity contribution in [2.24, 2.45) is 0 Å². The Morgan fingerprint density at radius 2 is 2.11 bits per heavy atom. The molecule has 2 aromatic heterocycles. The first-order chi connectivity index (χ1) is 13.2. The van der Waals surface area contributed by atoms with Gasteiger partial charge in [-0.3, -0.25) is 4.79 Å². The maximum atomic E-state index is 12.4. The zero-order chi connectivity index (χ0) is 18.6. The molecular formula is C19H21N5O2S. The fraction of sp³-hybridized carbons (Fsp3) is 0.316. The maximum Gasteiger partial charge on any atom is 0.257 e. The summed E-state index contributed by atoms with van der Waals surface area (Å²) < 4.78 is 5.28. The predicted molar refractivity (Wildman–Crippen MR) is 103 cm³/mol. The molecule has 0 aliphatic carbocycles. The second kappa shape index (κ2) is 7.99. The van der Waals surface area contributed by atoms with E-state index >= 15 is 0 Å². The molecule has 8 heteroatoms. The van der Waals surface area contributed by atoms with Gasteiger partial charge in [0.2, 0.25) is 5.91 Å². The summed E-state index contributed by atoms with van der Waals surface area (Å²) >= 11 is 1.75. The number of nitrogens with one attached hydrogen (secondary N) is 3. The minimum Gasteiger partial charge on any atom is -0.354 e. The highest BCUT2D eigenvalue weighted by Crippen LogP contribution is 2.28. The summed E-state index contributed by atoms with van der Waals surface area (Å²) in [6.45, 7) is 2.55. The van der Waals surface area contributed by atoms with E-state index in [9.17, 15) is 4.79 Å². The van der Waals surface area contributed by atoms with Crippen LogP contribution in [0.3, 0.4) is 0 Å². The normalized spacial score (nSPS) is 19.3. The van der Waals surface area contributed by atoms with E-state index < -0.39 is 0 Å². The number of hydrogen-bond donors (Lipinski definition) is 3. The molecule has 3 N–H and O–H groups in total. The molecule has 1 amide bonds. The Labute approximate surface area is 161 Å². The van der Waals surface area contributed by atoms with E-state index in [0.29, 0.717) is 24.7 Å². The van der Waals surface area contributed by atoms with E-state index in [4.69, 9.17) is 4.52 Å². The Bertz CT molecular complexity index is 908. The van der Waals surface area contributed by atoms with Gasteiger partial charge in [-0.15, -0.1) is 11.3 Å². The molecule has 0 saturated carbocycles. The SMILES string of the molecule is Cc1ccc(C2CC(C(=O)NCCc3noc(-c4ccccc4)n3)NN2)s1. The third-order valence-corrected chi connectivity index (χ3v) is 5.58. The van der Waals surface area contributed by atoms with Crippen molar-refractivity contribution in [1.82, 2.24) is 26.3 Å². The number of aryl methyl sites for hydroxylation is 1. The molecule has 3 heterocycles. The summed E-state index contributed by atoms with van der Waals surface area (Å²) in [5.74, 6) is 1.05. The van der Waals surface area contributed by atoms with Crippen molar-refractivity contribution in [3.63, 3.8) is 0 Å². The third kappa shape index (κ3) is 4.24. The van der Waals surface area contributed by atoms with Crippen LogP contribution in [-0.4, -0.2) is 28.6 Å². The van der Waals surface area contributed by atoms with Crippen molar-refractivity contribution in [1.29, 1.82) is 0 Å². The van der Waals surface area contributed by atoms with Gasteiger partial charge in [0.25, 0.3) is 5.89 Å². The number of aromatic nitrogens is 2. The molecule has 4 rings (SSSR count). The lowest BCUT2D eigenvalue weighted by Gasteiger charge is -2.09. The van der Waals surface area contributed by atoms with Gasteiger partial charge in [0.15, 0.2) is 5.82 Å². The lowest BCUT2D eigenvalue weighted by Crippen LogP contribution is -2.43. The van der Waals surface area contributed by atoms with Crippen molar-refractivity contribution < 1.29 is 9.32 Å². The largest absolute Gasteiger partial charge is 0.354 e. The van der Waals surface area contributed by atoms with E-state index in [2.05, 4.69) is 45.4 Å². The average Bonchev–Trinajstić information content (AvgIpc) is 3.43. The number of benzene rings is 1. The quantitative estimate of drug-likeness (QED) is 0.605. The van der Waals surface area contributed by atoms with E-state index in [1.54, 1.807) is 11.3 Å². The standard InChI is InChI=1S/C19H21N5O2S/c1-12-7-8-16(27-12)14-11-15(23-22-14)18(25)20-10-9-17-21-19(26-24-17)13-5-3-2-4-6-13/h2-8,14-15,22-23H,9-11H2,1H3,(H,20,25). The molecule has 0 spiro atoms. The molecule has 140 valence electrons. The molecule has 1 aliphatic rings. The van der Waals surface area contributed by atoms with Crippen LogP contribution in [0.25, 0.3) is 11.5 Å². The minimum atomic E-state index is -0.248. The van der Waals surface area contributed by atoms with Crippen LogP contribution in [0.15, 0.2) is 47.0 Å². The van der Waals surface area contributed by atoms with Crippen LogP contribution in [0.1, 0.15) is 28.0 Å². The van der Waals surface area contributed by atoms with Gasteiger partial charge in [0.1, 0.15) is 6.04 Å². The highest BCUT2D eigenvalue weighted by molar-refractivity contribution is 7.12. The van der Waals surface area contributed by atoms with Gasteiger partial charge in [0.05, 0.1) is 6.04 Å². The van der Waals surface area contributed by atoms with Crippen LogP contribution in [0, 0.1) is 6.92 Å². The van der Waals surface area contributed by atoms with Crippen molar-refractivity contribution in [3.05, 3.63) is 58.0 Å². The molecule has 2 unspecified atom stereocenters. The zero-order valence-corrected chi connectivity index (χ0v) is 15.8. The van der Waals surface area contributed by atoms with Gasteiger partial charge in [-0.05, 0) is 37.6 Å². The third-order valence-electron chi connectivity index (χ3n) is 4.46. The van der Waals surface area contributed by atoms with Crippen LogP contribution < -0.4 is 16.2 Å². The minimum absolute atomic E-state index is 0.0231. The molecule has 1 saturated heterocycles. The van der Waals surface area contributed by atoms with Crippen LogP contribution >= 0.6 is 11.3 Å². The number of carbonyl (C=O) groups is 1. The van der Waals surface area contributed by atoms with Gasteiger partial charge in [-0.25, -0.2) is 10.9 Å². The number of thiophene rings is 1. The lowest BCUT2D eigenvalue weighted by molar-refractivity contribution is -0.122.